The van der Waals surface area contributed by atoms with Crippen molar-refractivity contribution in [2.75, 3.05) is 0 Å². The zero-order valence-electron chi connectivity index (χ0n) is 6.57. The minimum Gasteiger partial charge on any atom is -0.101 e. The molecule has 0 unspecified atom stereocenters. The highest BCUT2D eigenvalue weighted by molar-refractivity contribution is 5.37. The van der Waals surface area contributed by atoms with Gasteiger partial charge in [0.05, 0.1) is 0 Å². The highest BCUT2D eigenvalue weighted by Gasteiger charge is 1.77. The van der Waals surface area contributed by atoms with Gasteiger partial charge in [0.1, 0.15) is 0 Å². The number of rotatable bonds is 2. The van der Waals surface area contributed by atoms with Gasteiger partial charge < -0.3 is 0 Å². The van der Waals surface area contributed by atoms with E-state index in [9.17, 15) is 0 Å². The third kappa shape index (κ3) is 4.93. The van der Waals surface area contributed by atoms with E-state index in [2.05, 4.69) is 25.0 Å². The Kier molecular flexibility index (Phi) is 4.07. The average Bonchev–Trinajstić information content (AvgIpc) is 1.85. The van der Waals surface area contributed by atoms with Crippen molar-refractivity contribution in [2.45, 2.75) is 13.8 Å². The Labute approximate surface area is 63.0 Å². The topological polar surface area (TPSA) is 0 Å². The monoisotopic (exact) mass is 132 g/mol. The SMILES string of the molecule is C=C(C)/C=C\C(=C)C#CC. The molecule has 0 atom stereocenters. The molecule has 52 valence electrons. The van der Waals surface area contributed by atoms with Crippen LogP contribution in [0.4, 0.5) is 0 Å². The van der Waals surface area contributed by atoms with Crippen LogP contribution in [0.2, 0.25) is 0 Å². The van der Waals surface area contributed by atoms with E-state index in [4.69, 9.17) is 0 Å². The second kappa shape index (κ2) is 4.64. The zero-order valence-corrected chi connectivity index (χ0v) is 6.57. The van der Waals surface area contributed by atoms with E-state index < -0.39 is 0 Å². The molecule has 0 aliphatic rings. The highest BCUT2D eigenvalue weighted by Crippen LogP contribution is 1.94. The van der Waals surface area contributed by atoms with E-state index in [-0.39, 0.29) is 0 Å². The molecule has 0 aromatic carbocycles. The molecule has 0 aliphatic carbocycles. The van der Waals surface area contributed by atoms with Crippen molar-refractivity contribution >= 4 is 0 Å². The normalized spacial score (nSPS) is 8.60. The van der Waals surface area contributed by atoms with E-state index in [1.807, 2.05) is 19.1 Å². The number of allylic oxidation sites excluding steroid dienone is 4. The van der Waals surface area contributed by atoms with Crippen LogP contribution in [0.15, 0.2) is 36.5 Å². The van der Waals surface area contributed by atoms with Crippen LogP contribution in [0.5, 0.6) is 0 Å². The fraction of sp³-hybridized carbons (Fsp3) is 0.200. The van der Waals surface area contributed by atoms with Crippen LogP contribution in [0.1, 0.15) is 13.8 Å². The lowest BCUT2D eigenvalue weighted by Gasteiger charge is -1.84. The van der Waals surface area contributed by atoms with Gasteiger partial charge in [0.2, 0.25) is 0 Å². The summed E-state index contributed by atoms with van der Waals surface area (Å²) in [5.41, 5.74) is 1.84. The highest BCUT2D eigenvalue weighted by atomic mass is 13.8. The predicted molar refractivity (Wildman–Crippen MR) is 46.5 cm³/mol. The van der Waals surface area contributed by atoms with Crippen molar-refractivity contribution in [1.82, 2.24) is 0 Å². The summed E-state index contributed by atoms with van der Waals surface area (Å²) in [5.74, 6) is 5.59. The van der Waals surface area contributed by atoms with Crippen molar-refractivity contribution in [3.63, 3.8) is 0 Å². The van der Waals surface area contributed by atoms with Gasteiger partial charge in [0.15, 0.2) is 0 Å². The Balaban J connectivity index is 3.99. The van der Waals surface area contributed by atoms with Crippen LogP contribution >= 0.6 is 0 Å². The molecule has 0 aromatic heterocycles. The number of hydrogen-bond donors (Lipinski definition) is 0. The summed E-state index contributed by atoms with van der Waals surface area (Å²) in [5, 5.41) is 0. The first-order chi connectivity index (χ1) is 4.66. The van der Waals surface area contributed by atoms with Crippen LogP contribution in [-0.2, 0) is 0 Å². The molecule has 0 radical (unpaired) electrons. The minimum absolute atomic E-state index is 0.825. The van der Waals surface area contributed by atoms with Gasteiger partial charge in [-0.3, -0.25) is 0 Å². The second-order valence-corrected chi connectivity index (χ2v) is 2.08. The molecule has 0 saturated carbocycles. The van der Waals surface area contributed by atoms with E-state index in [1.54, 1.807) is 6.92 Å². The smallest absolute Gasteiger partial charge is 0.0173 e. The summed E-state index contributed by atoms with van der Waals surface area (Å²) in [6.07, 6.45) is 3.76. The maximum Gasteiger partial charge on any atom is 0.0173 e. The van der Waals surface area contributed by atoms with Crippen LogP contribution < -0.4 is 0 Å². The van der Waals surface area contributed by atoms with Crippen molar-refractivity contribution in [1.29, 1.82) is 0 Å². The third-order valence-corrected chi connectivity index (χ3v) is 0.855. The van der Waals surface area contributed by atoms with Gasteiger partial charge in [-0.15, -0.1) is 5.92 Å². The summed E-state index contributed by atoms with van der Waals surface area (Å²) in [4.78, 5) is 0. The van der Waals surface area contributed by atoms with Crippen molar-refractivity contribution < 1.29 is 0 Å². The number of hydrogen-bond acceptors (Lipinski definition) is 0. The molecule has 10 heavy (non-hydrogen) atoms. The van der Waals surface area contributed by atoms with Gasteiger partial charge in [-0.2, -0.15) is 0 Å². The van der Waals surface area contributed by atoms with Crippen LogP contribution in [0, 0.1) is 11.8 Å². The van der Waals surface area contributed by atoms with Crippen LogP contribution in [-0.4, -0.2) is 0 Å². The molecule has 0 heterocycles. The summed E-state index contributed by atoms with van der Waals surface area (Å²) in [6.45, 7) is 11.2. The first-order valence-electron chi connectivity index (χ1n) is 3.12. The van der Waals surface area contributed by atoms with Gasteiger partial charge in [-0.05, 0) is 19.9 Å². The molecule has 0 aliphatic heterocycles. The van der Waals surface area contributed by atoms with E-state index in [1.165, 1.54) is 0 Å². The van der Waals surface area contributed by atoms with Gasteiger partial charge in [0.25, 0.3) is 0 Å². The van der Waals surface area contributed by atoms with Gasteiger partial charge in [-0.25, -0.2) is 0 Å². The van der Waals surface area contributed by atoms with Gasteiger partial charge in [-0.1, -0.05) is 30.7 Å². The van der Waals surface area contributed by atoms with Gasteiger partial charge >= 0.3 is 0 Å². The molecule has 0 nitrogen and oxygen atoms in total. The van der Waals surface area contributed by atoms with Crippen molar-refractivity contribution in [3.05, 3.63) is 36.5 Å². The fourth-order valence-corrected chi connectivity index (χ4v) is 0.445. The second-order valence-electron chi connectivity index (χ2n) is 2.08. The molecule has 0 saturated heterocycles. The molecule has 0 spiro atoms. The van der Waals surface area contributed by atoms with Gasteiger partial charge in [0, 0.05) is 5.57 Å². The minimum atomic E-state index is 0.825. The largest absolute Gasteiger partial charge is 0.101 e. The van der Waals surface area contributed by atoms with Crippen molar-refractivity contribution in [2.24, 2.45) is 0 Å². The lowest BCUT2D eigenvalue weighted by atomic mass is 10.2. The van der Waals surface area contributed by atoms with E-state index in [0.717, 1.165) is 11.1 Å². The predicted octanol–water partition coefficient (Wildman–Crippen LogP) is 2.70. The standard InChI is InChI=1S/C10H12/c1-5-6-10(4)8-7-9(2)3/h7-8H,2,4H2,1,3H3/b8-7-. The zero-order chi connectivity index (χ0) is 7.98. The fourth-order valence-electron chi connectivity index (χ4n) is 0.445. The molecule has 0 aromatic rings. The summed E-state index contributed by atoms with van der Waals surface area (Å²) < 4.78 is 0. The Hall–Kier alpha value is -1.22. The lowest BCUT2D eigenvalue weighted by molar-refractivity contribution is 1.55. The quantitative estimate of drug-likeness (QED) is 0.400. The molecule has 0 rings (SSSR count). The van der Waals surface area contributed by atoms with Crippen LogP contribution in [0.3, 0.4) is 0 Å². The Bertz CT molecular complexity index is 218. The molecule has 0 bridgehead atoms. The Morgan fingerprint density at radius 3 is 2.30 bits per heavy atom. The molecule has 0 N–H and O–H groups in total. The molecule has 0 amide bonds. The molecular weight excluding hydrogens is 120 g/mol. The molecular formula is C10H12. The van der Waals surface area contributed by atoms with Crippen molar-refractivity contribution in [3.8, 4) is 11.8 Å². The van der Waals surface area contributed by atoms with Crippen LogP contribution in [0.25, 0.3) is 0 Å². The third-order valence-electron chi connectivity index (χ3n) is 0.855. The first kappa shape index (κ1) is 8.78. The Morgan fingerprint density at radius 2 is 1.90 bits per heavy atom. The Morgan fingerprint density at radius 1 is 1.30 bits per heavy atom. The summed E-state index contributed by atoms with van der Waals surface area (Å²) in [6, 6.07) is 0. The van der Waals surface area contributed by atoms with E-state index in [0.29, 0.717) is 0 Å². The maximum absolute atomic E-state index is 3.71. The molecule has 0 fully saturated rings. The summed E-state index contributed by atoms with van der Waals surface area (Å²) >= 11 is 0. The lowest BCUT2D eigenvalue weighted by Crippen LogP contribution is -1.67. The van der Waals surface area contributed by atoms with E-state index >= 15 is 0 Å². The maximum atomic E-state index is 3.71. The first-order valence-corrected chi connectivity index (χ1v) is 3.12. The average molecular weight is 132 g/mol. The molecule has 0 heteroatoms. The summed E-state index contributed by atoms with van der Waals surface area (Å²) in [7, 11) is 0.